The van der Waals surface area contributed by atoms with Gasteiger partial charge in [-0.1, -0.05) is 0 Å². The van der Waals surface area contributed by atoms with Crippen LogP contribution in [0, 0.1) is 0 Å². The van der Waals surface area contributed by atoms with Crippen LogP contribution in [0.5, 0.6) is 28.7 Å². The Morgan fingerprint density at radius 2 is 1.31 bits per heavy atom. The normalized spacial score (nSPS) is 14.3. The van der Waals surface area contributed by atoms with Crippen molar-refractivity contribution in [3.05, 3.63) is 107 Å². The number of ether oxygens (including phenoxy) is 2. The fourth-order valence-corrected chi connectivity index (χ4v) is 4.59. The lowest BCUT2D eigenvalue weighted by molar-refractivity contribution is 0.0224. The predicted molar refractivity (Wildman–Crippen MR) is 124 cm³/mol. The second-order valence-corrected chi connectivity index (χ2v) is 8.30. The van der Waals surface area contributed by atoms with Gasteiger partial charge in [0.25, 0.3) is 5.91 Å². The van der Waals surface area contributed by atoms with Crippen LogP contribution in [0.2, 0.25) is 0 Å². The smallest absolute Gasteiger partial charge is 0.340 e. The van der Waals surface area contributed by atoms with Gasteiger partial charge in [-0.2, -0.15) is 0 Å². The maximum atomic E-state index is 13.0. The Labute approximate surface area is 198 Å². The predicted octanol–water partition coefficient (Wildman–Crippen LogP) is 4.62. The van der Waals surface area contributed by atoms with Gasteiger partial charge in [-0.15, -0.1) is 0 Å². The Bertz CT molecular complexity index is 1490. The molecule has 4 N–H and O–H groups in total. The van der Waals surface area contributed by atoms with Crippen LogP contribution in [0.1, 0.15) is 37.4 Å². The zero-order valence-corrected chi connectivity index (χ0v) is 18.0. The number of phenolic OH excluding ortho intramolecular Hbond substituents is 3. The number of nitrogens with one attached hydrogen (secondary N) is 1. The lowest BCUT2D eigenvalue weighted by Crippen LogP contribution is -2.33. The molecule has 0 aromatic heterocycles. The number of esters is 1. The lowest BCUT2D eigenvalue weighted by atomic mass is 9.77. The van der Waals surface area contributed by atoms with E-state index in [0.29, 0.717) is 22.4 Å². The van der Waals surface area contributed by atoms with E-state index in [1.807, 2.05) is 0 Å². The summed E-state index contributed by atoms with van der Waals surface area (Å²) in [6.07, 6.45) is 0. The molecule has 0 bridgehead atoms. The number of amides is 1. The standard InChI is InChI=1S/C27H17NO7/c29-16-4-2-15(3-5-16)28-25(32)14-1-8-19-22(11-14)27(35-26(19)33)20-9-6-17(30)12-23(20)34-24-13-18(31)7-10-21(24)27/h1-13,29-31H,(H,28,32). The molecule has 0 saturated carbocycles. The number of benzene rings is 4. The summed E-state index contributed by atoms with van der Waals surface area (Å²) < 4.78 is 11.9. The van der Waals surface area contributed by atoms with E-state index in [9.17, 15) is 24.9 Å². The van der Waals surface area contributed by atoms with E-state index >= 15 is 0 Å². The number of rotatable bonds is 2. The Morgan fingerprint density at radius 1 is 0.714 bits per heavy atom. The van der Waals surface area contributed by atoms with E-state index in [4.69, 9.17) is 9.47 Å². The third kappa shape index (κ3) is 3.07. The molecule has 1 amide bonds. The monoisotopic (exact) mass is 467 g/mol. The van der Waals surface area contributed by atoms with E-state index in [1.54, 1.807) is 30.3 Å². The zero-order valence-electron chi connectivity index (χ0n) is 18.0. The fourth-order valence-electron chi connectivity index (χ4n) is 4.59. The SMILES string of the molecule is O=C(Nc1ccc(O)cc1)c1ccc2c(c1)C1(OC2=O)c2ccc(O)cc2Oc2cc(O)ccc21. The summed E-state index contributed by atoms with van der Waals surface area (Å²) >= 11 is 0. The van der Waals surface area contributed by atoms with Crippen molar-refractivity contribution in [2.24, 2.45) is 0 Å². The molecule has 6 rings (SSSR count). The molecule has 1 spiro atoms. The molecule has 35 heavy (non-hydrogen) atoms. The van der Waals surface area contributed by atoms with Crippen molar-refractivity contribution in [1.82, 2.24) is 0 Å². The highest BCUT2D eigenvalue weighted by Gasteiger charge is 2.53. The van der Waals surface area contributed by atoms with Crippen LogP contribution in [-0.2, 0) is 10.3 Å². The second kappa shape index (κ2) is 7.26. The summed E-state index contributed by atoms with van der Waals surface area (Å²) in [6, 6.07) is 19.6. The van der Waals surface area contributed by atoms with Gasteiger partial charge in [-0.3, -0.25) is 4.79 Å². The number of fused-ring (bicyclic) bond motifs is 6. The summed E-state index contributed by atoms with van der Waals surface area (Å²) in [4.78, 5) is 26.1. The Balaban J connectivity index is 1.53. The van der Waals surface area contributed by atoms with Crippen LogP contribution in [0.25, 0.3) is 0 Å². The highest BCUT2D eigenvalue weighted by Crippen LogP contribution is 2.57. The van der Waals surface area contributed by atoms with Gasteiger partial charge in [0, 0.05) is 40.1 Å². The molecule has 2 aliphatic heterocycles. The summed E-state index contributed by atoms with van der Waals surface area (Å²) in [5.74, 6) is -0.511. The number of carbonyl (C=O) groups excluding carboxylic acids is 2. The third-order valence-corrected chi connectivity index (χ3v) is 6.16. The van der Waals surface area contributed by atoms with E-state index in [0.717, 1.165) is 0 Å². The minimum absolute atomic E-state index is 0.0472. The average molecular weight is 467 g/mol. The van der Waals surface area contributed by atoms with E-state index in [-0.39, 0.29) is 39.9 Å². The molecule has 4 aromatic rings. The van der Waals surface area contributed by atoms with Gasteiger partial charge < -0.3 is 30.1 Å². The largest absolute Gasteiger partial charge is 0.508 e. The highest BCUT2D eigenvalue weighted by atomic mass is 16.6. The summed E-state index contributed by atoms with van der Waals surface area (Å²) in [7, 11) is 0. The van der Waals surface area contributed by atoms with Crippen LogP contribution in [-0.4, -0.2) is 27.2 Å². The van der Waals surface area contributed by atoms with Gasteiger partial charge in [0.1, 0.15) is 28.7 Å². The molecule has 0 unspecified atom stereocenters. The van der Waals surface area contributed by atoms with Crippen LogP contribution in [0.4, 0.5) is 5.69 Å². The fraction of sp³-hybridized carbons (Fsp3) is 0.0370. The molecule has 8 nitrogen and oxygen atoms in total. The molecular weight excluding hydrogens is 450 g/mol. The second-order valence-electron chi connectivity index (χ2n) is 8.30. The molecule has 0 aliphatic carbocycles. The highest BCUT2D eigenvalue weighted by molar-refractivity contribution is 6.06. The zero-order chi connectivity index (χ0) is 24.3. The van der Waals surface area contributed by atoms with Crippen LogP contribution < -0.4 is 10.1 Å². The first-order valence-electron chi connectivity index (χ1n) is 10.7. The topological polar surface area (TPSA) is 125 Å². The van der Waals surface area contributed by atoms with Crippen LogP contribution in [0.3, 0.4) is 0 Å². The van der Waals surface area contributed by atoms with Gasteiger partial charge in [-0.25, -0.2) is 4.79 Å². The van der Waals surface area contributed by atoms with Gasteiger partial charge in [0.2, 0.25) is 0 Å². The molecule has 0 radical (unpaired) electrons. The number of anilines is 1. The Morgan fingerprint density at radius 3 is 1.94 bits per heavy atom. The maximum Gasteiger partial charge on any atom is 0.340 e. The minimum Gasteiger partial charge on any atom is -0.508 e. The molecule has 0 fully saturated rings. The number of carbonyl (C=O) groups is 2. The Hall–Kier alpha value is -4.98. The van der Waals surface area contributed by atoms with Crippen molar-refractivity contribution < 1.29 is 34.4 Å². The molecule has 172 valence electrons. The number of hydrogen-bond donors (Lipinski definition) is 4. The van der Waals surface area contributed by atoms with E-state index < -0.39 is 17.5 Å². The first kappa shape index (κ1) is 20.6. The maximum absolute atomic E-state index is 13.0. The molecular formula is C27H17NO7. The molecule has 8 heteroatoms. The molecule has 0 saturated heterocycles. The van der Waals surface area contributed by atoms with E-state index in [1.165, 1.54) is 48.5 Å². The van der Waals surface area contributed by atoms with Crippen molar-refractivity contribution in [3.8, 4) is 28.7 Å². The van der Waals surface area contributed by atoms with Gasteiger partial charge in [0.05, 0.1) is 5.56 Å². The van der Waals surface area contributed by atoms with Crippen molar-refractivity contribution in [3.63, 3.8) is 0 Å². The molecule has 2 heterocycles. The summed E-state index contributed by atoms with van der Waals surface area (Å²) in [5.41, 5.74) is 0.971. The van der Waals surface area contributed by atoms with E-state index in [2.05, 4.69) is 5.32 Å². The molecule has 2 aliphatic rings. The minimum atomic E-state index is -1.45. The summed E-state index contributed by atoms with van der Waals surface area (Å²) in [6.45, 7) is 0. The van der Waals surface area contributed by atoms with Gasteiger partial charge in [-0.05, 0) is 66.7 Å². The number of hydrogen-bond acceptors (Lipinski definition) is 7. The molecule has 0 atom stereocenters. The summed E-state index contributed by atoms with van der Waals surface area (Å²) in [5, 5.41) is 32.3. The van der Waals surface area contributed by atoms with Gasteiger partial charge in [0.15, 0.2) is 5.60 Å². The first-order valence-corrected chi connectivity index (χ1v) is 10.7. The van der Waals surface area contributed by atoms with Crippen LogP contribution in [0.15, 0.2) is 78.9 Å². The third-order valence-electron chi connectivity index (χ3n) is 6.16. The first-order chi connectivity index (χ1) is 16.8. The van der Waals surface area contributed by atoms with Crippen LogP contribution >= 0.6 is 0 Å². The van der Waals surface area contributed by atoms with Crippen molar-refractivity contribution in [1.29, 1.82) is 0 Å². The quantitative estimate of drug-likeness (QED) is 0.250. The number of phenols is 3. The van der Waals surface area contributed by atoms with Crippen molar-refractivity contribution >= 4 is 17.6 Å². The molecule has 4 aromatic carbocycles. The van der Waals surface area contributed by atoms with Crippen molar-refractivity contribution in [2.45, 2.75) is 5.60 Å². The van der Waals surface area contributed by atoms with Crippen molar-refractivity contribution in [2.75, 3.05) is 5.32 Å². The average Bonchev–Trinajstić information content (AvgIpc) is 3.12. The number of aromatic hydroxyl groups is 3. The Kier molecular flexibility index (Phi) is 4.28. The van der Waals surface area contributed by atoms with Gasteiger partial charge >= 0.3 is 5.97 Å². The lowest BCUT2D eigenvalue weighted by Gasteiger charge is -2.36.